The van der Waals surface area contributed by atoms with E-state index in [0.717, 1.165) is 23.7 Å². The summed E-state index contributed by atoms with van der Waals surface area (Å²) in [7, 11) is 4.23. The number of thiazole rings is 1. The van der Waals surface area contributed by atoms with E-state index in [4.69, 9.17) is 0 Å². The Kier molecular flexibility index (Phi) is 4.11. The van der Waals surface area contributed by atoms with Crippen molar-refractivity contribution >= 4 is 26.7 Å². The summed E-state index contributed by atoms with van der Waals surface area (Å²) >= 11 is 1.74. The molecule has 0 aliphatic heterocycles. The molecule has 2 aromatic rings. The Labute approximate surface area is 119 Å². The van der Waals surface area contributed by atoms with Gasteiger partial charge in [0.2, 0.25) is 0 Å². The van der Waals surface area contributed by atoms with Gasteiger partial charge in [0, 0.05) is 13.1 Å². The Hall–Kier alpha value is -1.13. The summed E-state index contributed by atoms with van der Waals surface area (Å²) in [6.07, 6.45) is 0. The smallest absolute Gasteiger partial charge is 0.183 e. The normalized spacial score (nSPS) is 12.3. The van der Waals surface area contributed by atoms with E-state index in [9.17, 15) is 0 Å². The molecule has 1 N–H and O–H groups in total. The molecule has 0 fully saturated rings. The summed E-state index contributed by atoms with van der Waals surface area (Å²) in [5.41, 5.74) is 2.61. The Balaban J connectivity index is 2.05. The molecule has 0 aliphatic rings. The molecule has 0 aliphatic carbocycles. The van der Waals surface area contributed by atoms with Crippen LogP contribution >= 0.6 is 11.3 Å². The first-order valence-corrected chi connectivity index (χ1v) is 7.43. The maximum absolute atomic E-state index is 4.63. The van der Waals surface area contributed by atoms with Crippen LogP contribution in [0.4, 0.5) is 5.13 Å². The van der Waals surface area contributed by atoms with E-state index in [2.05, 4.69) is 68.3 Å². The van der Waals surface area contributed by atoms with Gasteiger partial charge in [0.15, 0.2) is 5.13 Å². The van der Waals surface area contributed by atoms with Crippen molar-refractivity contribution in [2.24, 2.45) is 5.41 Å². The van der Waals surface area contributed by atoms with Crippen molar-refractivity contribution in [2.75, 3.05) is 32.5 Å². The summed E-state index contributed by atoms with van der Waals surface area (Å²) in [6.45, 7) is 8.66. The first-order chi connectivity index (χ1) is 8.85. The highest BCUT2D eigenvalue weighted by Crippen LogP contribution is 2.27. The lowest BCUT2D eigenvalue weighted by Gasteiger charge is -2.28. The fourth-order valence-electron chi connectivity index (χ4n) is 2.33. The number of rotatable bonds is 5. The van der Waals surface area contributed by atoms with Crippen LogP contribution < -0.4 is 5.32 Å². The monoisotopic (exact) mass is 277 g/mol. The summed E-state index contributed by atoms with van der Waals surface area (Å²) in [6, 6.07) is 6.41. The second kappa shape index (κ2) is 5.47. The number of aromatic nitrogens is 1. The minimum atomic E-state index is 0.233. The van der Waals surface area contributed by atoms with Gasteiger partial charge in [-0.2, -0.15) is 0 Å². The van der Waals surface area contributed by atoms with Crippen LogP contribution in [0.2, 0.25) is 0 Å². The molecule has 2 rings (SSSR count). The van der Waals surface area contributed by atoms with Crippen molar-refractivity contribution in [3.8, 4) is 0 Å². The lowest BCUT2D eigenvalue weighted by atomic mass is 9.93. The Morgan fingerprint density at radius 1 is 1.32 bits per heavy atom. The molecule has 1 aromatic carbocycles. The number of hydrogen-bond acceptors (Lipinski definition) is 4. The number of hydrogen-bond donors (Lipinski definition) is 1. The Morgan fingerprint density at radius 2 is 2.05 bits per heavy atom. The zero-order valence-corrected chi connectivity index (χ0v) is 13.3. The lowest BCUT2D eigenvalue weighted by Crippen LogP contribution is -2.34. The lowest BCUT2D eigenvalue weighted by molar-refractivity contribution is 0.254. The molecule has 0 amide bonds. The summed E-state index contributed by atoms with van der Waals surface area (Å²) < 4.78 is 1.26. The van der Waals surface area contributed by atoms with Crippen LogP contribution in [0.1, 0.15) is 19.4 Å². The zero-order chi connectivity index (χ0) is 14.0. The van der Waals surface area contributed by atoms with Gasteiger partial charge in [-0.3, -0.25) is 0 Å². The fraction of sp³-hybridized carbons (Fsp3) is 0.533. The third-order valence-electron chi connectivity index (χ3n) is 3.01. The molecule has 0 bridgehead atoms. The third kappa shape index (κ3) is 3.91. The van der Waals surface area contributed by atoms with E-state index in [-0.39, 0.29) is 5.41 Å². The average Bonchev–Trinajstić information content (AvgIpc) is 2.66. The molecule has 0 spiro atoms. The van der Waals surface area contributed by atoms with Crippen LogP contribution in [0.5, 0.6) is 0 Å². The van der Waals surface area contributed by atoms with Gasteiger partial charge < -0.3 is 10.2 Å². The van der Waals surface area contributed by atoms with E-state index in [1.807, 2.05) is 0 Å². The molecule has 19 heavy (non-hydrogen) atoms. The largest absolute Gasteiger partial charge is 0.361 e. The van der Waals surface area contributed by atoms with Gasteiger partial charge in [-0.25, -0.2) is 4.98 Å². The molecule has 1 aromatic heterocycles. The summed E-state index contributed by atoms with van der Waals surface area (Å²) in [5.74, 6) is 0. The second-order valence-corrected chi connectivity index (χ2v) is 7.28. The van der Waals surface area contributed by atoms with E-state index < -0.39 is 0 Å². The standard InChI is InChI=1S/C15H23N3S/c1-11-6-7-12-13(8-11)19-14(17-12)16-9-15(2,3)10-18(4)5/h6-8H,9-10H2,1-5H3,(H,16,17). The molecule has 4 heteroatoms. The molecule has 104 valence electrons. The maximum atomic E-state index is 4.63. The highest BCUT2D eigenvalue weighted by atomic mass is 32.1. The van der Waals surface area contributed by atoms with Gasteiger partial charge in [-0.15, -0.1) is 0 Å². The van der Waals surface area contributed by atoms with Gasteiger partial charge in [-0.1, -0.05) is 31.3 Å². The van der Waals surface area contributed by atoms with Crippen LogP contribution in [-0.2, 0) is 0 Å². The SMILES string of the molecule is Cc1ccc2nc(NCC(C)(C)CN(C)C)sc2c1. The van der Waals surface area contributed by atoms with Crippen LogP contribution in [0.3, 0.4) is 0 Å². The fourth-order valence-corrected chi connectivity index (χ4v) is 3.29. The summed E-state index contributed by atoms with van der Waals surface area (Å²) in [4.78, 5) is 6.86. The minimum Gasteiger partial charge on any atom is -0.361 e. The van der Waals surface area contributed by atoms with Crippen molar-refractivity contribution in [1.82, 2.24) is 9.88 Å². The van der Waals surface area contributed by atoms with Crippen molar-refractivity contribution < 1.29 is 0 Å². The predicted octanol–water partition coefficient (Wildman–Crippen LogP) is 3.60. The van der Waals surface area contributed by atoms with Crippen molar-refractivity contribution in [3.63, 3.8) is 0 Å². The first-order valence-electron chi connectivity index (χ1n) is 6.61. The first kappa shape index (κ1) is 14.3. The molecule has 0 saturated heterocycles. The molecule has 3 nitrogen and oxygen atoms in total. The predicted molar refractivity (Wildman–Crippen MR) is 85.2 cm³/mol. The van der Waals surface area contributed by atoms with Crippen LogP contribution in [-0.4, -0.2) is 37.1 Å². The molecule has 0 radical (unpaired) electrons. The number of nitrogens with zero attached hydrogens (tertiary/aromatic N) is 2. The average molecular weight is 277 g/mol. The minimum absolute atomic E-state index is 0.233. The van der Waals surface area contributed by atoms with Gasteiger partial charge in [0.05, 0.1) is 10.2 Å². The van der Waals surface area contributed by atoms with Crippen molar-refractivity contribution in [2.45, 2.75) is 20.8 Å². The Bertz CT molecular complexity index is 558. The summed E-state index contributed by atoms with van der Waals surface area (Å²) in [5, 5.41) is 4.50. The molecular weight excluding hydrogens is 254 g/mol. The quantitative estimate of drug-likeness (QED) is 0.905. The van der Waals surface area contributed by atoms with Gasteiger partial charge in [0.1, 0.15) is 0 Å². The van der Waals surface area contributed by atoms with Crippen LogP contribution in [0.25, 0.3) is 10.2 Å². The molecule has 0 atom stereocenters. The number of fused-ring (bicyclic) bond motifs is 1. The molecular formula is C15H23N3S. The molecule has 0 unspecified atom stereocenters. The van der Waals surface area contributed by atoms with Gasteiger partial charge in [0.25, 0.3) is 0 Å². The number of benzene rings is 1. The highest BCUT2D eigenvalue weighted by Gasteiger charge is 2.19. The zero-order valence-electron chi connectivity index (χ0n) is 12.4. The number of nitrogens with one attached hydrogen (secondary N) is 1. The number of anilines is 1. The topological polar surface area (TPSA) is 28.2 Å². The van der Waals surface area contributed by atoms with Crippen molar-refractivity contribution in [3.05, 3.63) is 23.8 Å². The van der Waals surface area contributed by atoms with Crippen molar-refractivity contribution in [1.29, 1.82) is 0 Å². The van der Waals surface area contributed by atoms with Crippen LogP contribution in [0.15, 0.2) is 18.2 Å². The number of aryl methyl sites for hydroxylation is 1. The van der Waals surface area contributed by atoms with Crippen LogP contribution in [0, 0.1) is 12.3 Å². The molecule has 0 saturated carbocycles. The highest BCUT2D eigenvalue weighted by molar-refractivity contribution is 7.22. The van der Waals surface area contributed by atoms with E-state index in [0.29, 0.717) is 0 Å². The van der Waals surface area contributed by atoms with Gasteiger partial charge >= 0.3 is 0 Å². The third-order valence-corrected chi connectivity index (χ3v) is 3.98. The van der Waals surface area contributed by atoms with Gasteiger partial charge in [-0.05, 0) is 44.1 Å². The second-order valence-electron chi connectivity index (χ2n) is 6.25. The van der Waals surface area contributed by atoms with E-state index >= 15 is 0 Å². The maximum Gasteiger partial charge on any atom is 0.183 e. The van der Waals surface area contributed by atoms with E-state index in [1.54, 1.807) is 11.3 Å². The Morgan fingerprint density at radius 3 is 2.74 bits per heavy atom. The van der Waals surface area contributed by atoms with E-state index in [1.165, 1.54) is 10.3 Å². The molecule has 1 heterocycles.